The summed E-state index contributed by atoms with van der Waals surface area (Å²) in [5.74, 6) is 4.89. The Morgan fingerprint density at radius 3 is 2.55 bits per heavy atom. The maximum atomic E-state index is 13.3. The van der Waals surface area contributed by atoms with Gasteiger partial charge >= 0.3 is 6.55 Å². The lowest BCUT2D eigenvalue weighted by molar-refractivity contribution is -0.0968. The van der Waals surface area contributed by atoms with Gasteiger partial charge in [-0.3, -0.25) is 14.0 Å². The Balaban J connectivity index is 1.43. The number of halogens is 3. The third-order valence-corrected chi connectivity index (χ3v) is 5.23. The second-order valence-electron chi connectivity index (χ2n) is 7.35. The van der Waals surface area contributed by atoms with Crippen molar-refractivity contribution in [1.82, 2.24) is 24.2 Å². The van der Waals surface area contributed by atoms with Crippen LogP contribution < -0.4 is 0 Å². The highest BCUT2D eigenvalue weighted by Crippen LogP contribution is 2.32. The van der Waals surface area contributed by atoms with Crippen LogP contribution in [0.25, 0.3) is 5.65 Å². The minimum absolute atomic E-state index is 0.320. The summed E-state index contributed by atoms with van der Waals surface area (Å²) in [7, 11) is 0. The van der Waals surface area contributed by atoms with E-state index in [1.807, 2.05) is 0 Å². The van der Waals surface area contributed by atoms with Crippen LogP contribution in [0, 0.1) is 17.7 Å². The molecule has 1 aliphatic rings. The molecule has 1 unspecified atom stereocenters. The van der Waals surface area contributed by atoms with Crippen LogP contribution in [0.2, 0.25) is 0 Å². The Morgan fingerprint density at radius 2 is 1.82 bits per heavy atom. The summed E-state index contributed by atoms with van der Waals surface area (Å²) in [6.07, 6.45) is 6.15. The molecule has 166 valence electrons. The molecule has 5 rings (SSSR count). The van der Waals surface area contributed by atoms with Gasteiger partial charge in [-0.25, -0.2) is 19.1 Å². The molecule has 10 heteroatoms. The van der Waals surface area contributed by atoms with Gasteiger partial charge in [0.1, 0.15) is 17.2 Å². The fourth-order valence-corrected chi connectivity index (χ4v) is 3.65. The summed E-state index contributed by atoms with van der Waals surface area (Å²) in [6.45, 7) is -2.38. The average Bonchev–Trinajstić information content (AvgIpc) is 3.57. The number of amides is 1. The number of benzene rings is 1. The van der Waals surface area contributed by atoms with Crippen LogP contribution in [0.15, 0.2) is 61.2 Å². The van der Waals surface area contributed by atoms with Gasteiger partial charge in [-0.1, -0.05) is 24.0 Å². The van der Waals surface area contributed by atoms with Gasteiger partial charge in [0, 0.05) is 25.0 Å². The van der Waals surface area contributed by atoms with E-state index in [4.69, 9.17) is 4.84 Å². The molecule has 0 saturated carbocycles. The summed E-state index contributed by atoms with van der Waals surface area (Å²) in [5, 5.41) is 4.84. The standard InChI is InChI=1S/C23H16F3N5O2/c24-18-5-3-17(4-6-18)19-9-10-33-31(19)22(32)20-7-8-21-27-11-15(13-29(20)21)1-2-16-12-28-30(14-16)23(25)26/h3-8,11-14,19,23H,9-10H2. The summed E-state index contributed by atoms with van der Waals surface area (Å²) < 4.78 is 40.7. The lowest BCUT2D eigenvalue weighted by Crippen LogP contribution is -2.30. The van der Waals surface area contributed by atoms with Crippen LogP contribution in [0.4, 0.5) is 13.2 Å². The van der Waals surface area contributed by atoms with Crippen molar-refractivity contribution in [2.75, 3.05) is 6.61 Å². The van der Waals surface area contributed by atoms with E-state index in [1.165, 1.54) is 29.6 Å². The first-order valence-electron chi connectivity index (χ1n) is 10.0. The summed E-state index contributed by atoms with van der Waals surface area (Å²) >= 11 is 0. The van der Waals surface area contributed by atoms with Crippen LogP contribution in [0.1, 0.15) is 46.2 Å². The summed E-state index contributed by atoms with van der Waals surface area (Å²) in [4.78, 5) is 23.2. The lowest BCUT2D eigenvalue weighted by Gasteiger charge is -2.22. The third kappa shape index (κ3) is 4.06. The normalized spacial score (nSPS) is 15.8. The van der Waals surface area contributed by atoms with Gasteiger partial charge < -0.3 is 0 Å². The maximum absolute atomic E-state index is 13.3. The molecular weight excluding hydrogens is 435 g/mol. The molecule has 0 radical (unpaired) electrons. The van der Waals surface area contributed by atoms with Crippen molar-refractivity contribution in [2.45, 2.75) is 19.0 Å². The van der Waals surface area contributed by atoms with Crippen molar-refractivity contribution in [3.63, 3.8) is 0 Å². The molecule has 0 spiro atoms. The van der Waals surface area contributed by atoms with E-state index in [0.29, 0.717) is 40.2 Å². The van der Waals surface area contributed by atoms with Crippen molar-refractivity contribution in [3.05, 3.63) is 89.4 Å². The van der Waals surface area contributed by atoms with Crippen LogP contribution in [0.3, 0.4) is 0 Å². The van der Waals surface area contributed by atoms with Gasteiger partial charge in [-0.15, -0.1) is 0 Å². The quantitative estimate of drug-likeness (QED) is 0.442. The number of hydrogen-bond donors (Lipinski definition) is 0. The highest BCUT2D eigenvalue weighted by Gasteiger charge is 2.33. The largest absolute Gasteiger partial charge is 0.333 e. The van der Waals surface area contributed by atoms with Crippen LogP contribution in [-0.2, 0) is 4.84 Å². The minimum atomic E-state index is -2.74. The molecule has 4 heterocycles. The van der Waals surface area contributed by atoms with Gasteiger partial charge in [-0.2, -0.15) is 13.9 Å². The molecule has 1 atom stereocenters. The molecule has 0 N–H and O–H groups in total. The number of hydrogen-bond acceptors (Lipinski definition) is 4. The smallest absolute Gasteiger partial charge is 0.295 e. The molecule has 7 nitrogen and oxygen atoms in total. The summed E-state index contributed by atoms with van der Waals surface area (Å²) in [6, 6.07) is 8.96. The van der Waals surface area contributed by atoms with Gasteiger partial charge in [-0.05, 0) is 29.8 Å². The first-order valence-corrected chi connectivity index (χ1v) is 10.0. The molecule has 1 amide bonds. The highest BCUT2D eigenvalue weighted by molar-refractivity contribution is 5.93. The molecule has 4 aromatic rings. The zero-order chi connectivity index (χ0) is 22.9. The molecule has 3 aromatic heterocycles. The Hall–Kier alpha value is -4.10. The van der Waals surface area contributed by atoms with Gasteiger partial charge in [0.15, 0.2) is 0 Å². The zero-order valence-electron chi connectivity index (χ0n) is 17.0. The van der Waals surface area contributed by atoms with E-state index < -0.39 is 6.55 Å². The topological polar surface area (TPSA) is 64.7 Å². The molecule has 1 aliphatic heterocycles. The first-order chi connectivity index (χ1) is 16.0. The predicted molar refractivity (Wildman–Crippen MR) is 111 cm³/mol. The number of hydroxylamine groups is 2. The fourth-order valence-electron chi connectivity index (χ4n) is 3.65. The zero-order valence-corrected chi connectivity index (χ0v) is 17.0. The first kappa shape index (κ1) is 20.8. The van der Waals surface area contributed by atoms with Crippen molar-refractivity contribution >= 4 is 11.6 Å². The van der Waals surface area contributed by atoms with Crippen molar-refractivity contribution in [2.24, 2.45) is 0 Å². The Bertz CT molecular complexity index is 1380. The molecule has 33 heavy (non-hydrogen) atoms. The number of carbonyl (C=O) groups excluding carboxylic acids is 1. The second-order valence-corrected chi connectivity index (χ2v) is 7.35. The summed E-state index contributed by atoms with van der Waals surface area (Å²) in [5.41, 5.74) is 2.44. The molecule has 1 aromatic carbocycles. The SMILES string of the molecule is O=C(c1ccc2ncc(C#Cc3cnn(C(F)F)c3)cn12)N1OCCC1c1ccc(F)cc1. The third-order valence-electron chi connectivity index (χ3n) is 5.23. The Morgan fingerprint density at radius 1 is 1.06 bits per heavy atom. The number of rotatable bonds is 3. The van der Waals surface area contributed by atoms with E-state index in [9.17, 15) is 18.0 Å². The van der Waals surface area contributed by atoms with Gasteiger partial charge in [0.2, 0.25) is 0 Å². The van der Waals surface area contributed by atoms with Crippen LogP contribution in [-0.4, -0.2) is 36.7 Å². The molecular formula is C23H16F3N5O2. The van der Waals surface area contributed by atoms with Gasteiger partial charge in [0.25, 0.3) is 5.91 Å². The lowest BCUT2D eigenvalue weighted by atomic mass is 10.0. The molecule has 0 aliphatic carbocycles. The van der Waals surface area contributed by atoms with E-state index in [2.05, 4.69) is 21.9 Å². The maximum Gasteiger partial charge on any atom is 0.333 e. The molecule has 1 saturated heterocycles. The minimum Gasteiger partial charge on any atom is -0.295 e. The van der Waals surface area contributed by atoms with E-state index >= 15 is 0 Å². The Kier molecular flexibility index (Phi) is 5.32. The average molecular weight is 451 g/mol. The number of alkyl halides is 2. The van der Waals surface area contributed by atoms with E-state index in [-0.39, 0.29) is 17.8 Å². The second kappa shape index (κ2) is 8.44. The Labute approximate surface area is 186 Å². The highest BCUT2D eigenvalue weighted by atomic mass is 19.3. The number of nitrogens with zero attached hydrogens (tertiary/aromatic N) is 5. The van der Waals surface area contributed by atoms with Crippen molar-refractivity contribution in [3.8, 4) is 11.8 Å². The van der Waals surface area contributed by atoms with Crippen molar-refractivity contribution < 1.29 is 22.8 Å². The van der Waals surface area contributed by atoms with Crippen LogP contribution >= 0.6 is 0 Å². The number of aromatic nitrogens is 4. The van der Waals surface area contributed by atoms with E-state index in [1.54, 1.807) is 34.9 Å². The van der Waals surface area contributed by atoms with Gasteiger partial charge in [0.05, 0.1) is 30.0 Å². The fraction of sp³-hybridized carbons (Fsp3) is 0.174. The predicted octanol–water partition coefficient (Wildman–Crippen LogP) is 3.98. The van der Waals surface area contributed by atoms with E-state index in [0.717, 1.165) is 11.8 Å². The van der Waals surface area contributed by atoms with Crippen LogP contribution in [0.5, 0.6) is 0 Å². The number of fused-ring (bicyclic) bond motifs is 1. The monoisotopic (exact) mass is 451 g/mol. The molecule has 1 fully saturated rings. The number of carbonyl (C=O) groups is 1. The molecule has 0 bridgehead atoms. The van der Waals surface area contributed by atoms with Crippen molar-refractivity contribution in [1.29, 1.82) is 0 Å².